The van der Waals surface area contributed by atoms with E-state index in [9.17, 15) is 8.42 Å². The summed E-state index contributed by atoms with van der Waals surface area (Å²) in [6, 6.07) is 0. The number of sulfonamides is 1. The van der Waals surface area contributed by atoms with Crippen LogP contribution in [0.2, 0.25) is 0 Å². The van der Waals surface area contributed by atoms with Crippen LogP contribution in [0.5, 0.6) is 0 Å². The Morgan fingerprint density at radius 3 is 2.53 bits per heavy atom. The summed E-state index contributed by atoms with van der Waals surface area (Å²) in [7, 11) is -3.40. The Kier molecular flexibility index (Phi) is 5.78. The Bertz CT molecular complexity index is 351. The van der Waals surface area contributed by atoms with E-state index in [1.165, 1.54) is 26.2 Å². The molecule has 0 bridgehead atoms. The smallest absolute Gasteiger partial charge is 0.220 e. The second-order valence-electron chi connectivity index (χ2n) is 4.39. The third kappa shape index (κ3) is 4.87. The summed E-state index contributed by atoms with van der Waals surface area (Å²) in [6.45, 7) is 4.81. The van der Waals surface area contributed by atoms with Gasteiger partial charge in [0.2, 0.25) is 10.0 Å². The van der Waals surface area contributed by atoms with E-state index >= 15 is 0 Å². The number of thiocarbonyl (C=S) groups is 1. The molecule has 0 radical (unpaired) electrons. The Morgan fingerprint density at radius 2 is 2.00 bits per heavy atom. The molecule has 100 valence electrons. The summed E-state index contributed by atoms with van der Waals surface area (Å²) in [5.41, 5.74) is 5.34. The number of hydrogen-bond donors (Lipinski definition) is 2. The van der Waals surface area contributed by atoms with E-state index in [1.807, 2.05) is 0 Å². The molecule has 0 aromatic heterocycles. The SMILES string of the molecule is CC(C(N)=S)S(=O)(=O)NCCN1CCCCC1. The molecule has 5 nitrogen and oxygen atoms in total. The third-order valence-corrected chi connectivity index (χ3v) is 5.34. The molecule has 1 aliphatic rings. The van der Waals surface area contributed by atoms with Crippen LogP contribution in [0.3, 0.4) is 0 Å². The van der Waals surface area contributed by atoms with Crippen molar-refractivity contribution in [2.24, 2.45) is 5.73 Å². The Hall–Kier alpha value is -0.240. The highest BCUT2D eigenvalue weighted by molar-refractivity contribution is 7.93. The maximum atomic E-state index is 11.7. The molecular weight excluding hydrogens is 258 g/mol. The van der Waals surface area contributed by atoms with E-state index in [0.29, 0.717) is 6.54 Å². The van der Waals surface area contributed by atoms with Crippen molar-refractivity contribution in [1.29, 1.82) is 0 Å². The number of hydrogen-bond acceptors (Lipinski definition) is 4. The van der Waals surface area contributed by atoms with E-state index in [0.717, 1.165) is 19.6 Å². The molecule has 3 N–H and O–H groups in total. The predicted molar refractivity (Wildman–Crippen MR) is 73.5 cm³/mol. The molecule has 7 heteroatoms. The molecule has 1 saturated heterocycles. The maximum Gasteiger partial charge on any atom is 0.220 e. The Labute approximate surface area is 109 Å². The fraction of sp³-hybridized carbons (Fsp3) is 0.900. The molecular formula is C10H21N3O2S2. The molecule has 1 rings (SSSR count). The summed E-state index contributed by atoms with van der Waals surface area (Å²) in [5.74, 6) is 0. The second-order valence-corrected chi connectivity index (χ2v) is 6.94. The van der Waals surface area contributed by atoms with E-state index in [4.69, 9.17) is 18.0 Å². The zero-order valence-electron chi connectivity index (χ0n) is 10.2. The molecule has 1 unspecified atom stereocenters. The minimum Gasteiger partial charge on any atom is -0.392 e. The van der Waals surface area contributed by atoms with Crippen molar-refractivity contribution in [2.45, 2.75) is 31.4 Å². The quantitative estimate of drug-likeness (QED) is 0.673. The van der Waals surface area contributed by atoms with Crippen molar-refractivity contribution in [3.63, 3.8) is 0 Å². The fourth-order valence-electron chi connectivity index (χ4n) is 1.81. The molecule has 1 aliphatic heterocycles. The summed E-state index contributed by atoms with van der Waals surface area (Å²) < 4.78 is 26.0. The average molecular weight is 279 g/mol. The summed E-state index contributed by atoms with van der Waals surface area (Å²) in [6.07, 6.45) is 3.69. The highest BCUT2D eigenvalue weighted by Crippen LogP contribution is 2.07. The van der Waals surface area contributed by atoms with Crippen molar-refractivity contribution < 1.29 is 8.42 Å². The van der Waals surface area contributed by atoms with Crippen LogP contribution >= 0.6 is 12.2 Å². The lowest BCUT2D eigenvalue weighted by Crippen LogP contribution is -2.43. The molecule has 0 aromatic carbocycles. The zero-order chi connectivity index (χ0) is 12.9. The molecule has 0 amide bonds. The van der Waals surface area contributed by atoms with Gasteiger partial charge in [0.25, 0.3) is 0 Å². The van der Waals surface area contributed by atoms with Crippen LogP contribution in [0.4, 0.5) is 0 Å². The van der Waals surface area contributed by atoms with Gasteiger partial charge in [-0.3, -0.25) is 0 Å². The molecule has 0 aliphatic carbocycles. The zero-order valence-corrected chi connectivity index (χ0v) is 11.8. The van der Waals surface area contributed by atoms with Crippen molar-refractivity contribution in [3.8, 4) is 0 Å². The topological polar surface area (TPSA) is 75.4 Å². The van der Waals surface area contributed by atoms with Crippen LogP contribution in [-0.2, 0) is 10.0 Å². The van der Waals surface area contributed by atoms with Crippen molar-refractivity contribution >= 4 is 27.2 Å². The first-order valence-corrected chi connectivity index (χ1v) is 7.89. The lowest BCUT2D eigenvalue weighted by Gasteiger charge is -2.26. The summed E-state index contributed by atoms with van der Waals surface area (Å²) in [4.78, 5) is 2.28. The average Bonchev–Trinajstić information content (AvgIpc) is 2.29. The van der Waals surface area contributed by atoms with Crippen molar-refractivity contribution in [1.82, 2.24) is 9.62 Å². The molecule has 1 fully saturated rings. The first-order chi connectivity index (χ1) is 7.93. The van der Waals surface area contributed by atoms with Crippen LogP contribution in [0.25, 0.3) is 0 Å². The number of rotatable bonds is 6. The van der Waals surface area contributed by atoms with Gasteiger partial charge >= 0.3 is 0 Å². The monoisotopic (exact) mass is 279 g/mol. The number of piperidine rings is 1. The summed E-state index contributed by atoms with van der Waals surface area (Å²) >= 11 is 4.69. The van der Waals surface area contributed by atoms with E-state index in [-0.39, 0.29) is 4.99 Å². The van der Waals surface area contributed by atoms with Crippen LogP contribution in [0.1, 0.15) is 26.2 Å². The van der Waals surface area contributed by atoms with Gasteiger partial charge in [-0.15, -0.1) is 0 Å². The number of likely N-dealkylation sites (tertiary alicyclic amines) is 1. The lowest BCUT2D eigenvalue weighted by molar-refractivity contribution is 0.232. The van der Waals surface area contributed by atoms with Gasteiger partial charge < -0.3 is 10.6 Å². The largest absolute Gasteiger partial charge is 0.392 e. The molecule has 1 heterocycles. The van der Waals surface area contributed by atoms with E-state index in [2.05, 4.69) is 9.62 Å². The Balaban J connectivity index is 2.32. The van der Waals surface area contributed by atoms with Crippen LogP contribution in [0, 0.1) is 0 Å². The van der Waals surface area contributed by atoms with Crippen LogP contribution in [0.15, 0.2) is 0 Å². The van der Waals surface area contributed by atoms with Gasteiger partial charge in [-0.2, -0.15) is 0 Å². The van der Waals surface area contributed by atoms with Gasteiger partial charge in [-0.1, -0.05) is 18.6 Å². The molecule has 17 heavy (non-hydrogen) atoms. The number of nitrogens with two attached hydrogens (primary N) is 1. The molecule has 1 atom stereocenters. The number of nitrogens with zero attached hydrogens (tertiary/aromatic N) is 1. The first-order valence-electron chi connectivity index (χ1n) is 5.93. The van der Waals surface area contributed by atoms with Gasteiger partial charge in [-0.25, -0.2) is 13.1 Å². The minimum atomic E-state index is -3.40. The highest BCUT2D eigenvalue weighted by atomic mass is 32.2. The van der Waals surface area contributed by atoms with Crippen molar-refractivity contribution in [3.05, 3.63) is 0 Å². The van der Waals surface area contributed by atoms with Gasteiger partial charge in [0, 0.05) is 13.1 Å². The van der Waals surface area contributed by atoms with Gasteiger partial charge in [0.1, 0.15) is 5.25 Å². The Morgan fingerprint density at radius 1 is 1.41 bits per heavy atom. The minimum absolute atomic E-state index is 0.00970. The van der Waals surface area contributed by atoms with E-state index < -0.39 is 15.3 Å². The molecule has 0 aromatic rings. The maximum absolute atomic E-state index is 11.7. The molecule has 0 saturated carbocycles. The van der Waals surface area contributed by atoms with Gasteiger partial charge in [0.15, 0.2) is 0 Å². The standard InChI is InChI=1S/C10H21N3O2S2/c1-9(10(11)16)17(14,15)12-5-8-13-6-3-2-4-7-13/h9,12H,2-8H2,1H3,(H2,11,16). The predicted octanol–water partition coefficient (Wildman–Crippen LogP) is 0.0663. The first kappa shape index (κ1) is 14.8. The third-order valence-electron chi connectivity index (χ3n) is 3.05. The highest BCUT2D eigenvalue weighted by Gasteiger charge is 2.22. The van der Waals surface area contributed by atoms with Crippen LogP contribution < -0.4 is 10.5 Å². The lowest BCUT2D eigenvalue weighted by atomic mass is 10.1. The van der Waals surface area contributed by atoms with Gasteiger partial charge in [0.05, 0.1) is 4.99 Å². The van der Waals surface area contributed by atoms with E-state index in [1.54, 1.807) is 0 Å². The normalized spacial score (nSPS) is 20.1. The second kappa shape index (κ2) is 6.63. The summed E-state index contributed by atoms with van der Waals surface area (Å²) in [5, 5.41) is -0.807. The molecule has 0 spiro atoms. The van der Waals surface area contributed by atoms with Crippen LogP contribution in [-0.4, -0.2) is 49.7 Å². The van der Waals surface area contributed by atoms with Crippen molar-refractivity contribution in [2.75, 3.05) is 26.2 Å². The fourth-order valence-corrected chi connectivity index (χ4v) is 3.12. The van der Waals surface area contributed by atoms with Gasteiger partial charge in [-0.05, 0) is 32.9 Å². The number of nitrogens with one attached hydrogen (secondary N) is 1.